The average Bonchev–Trinajstić information content (AvgIpc) is 3.33. The van der Waals surface area contributed by atoms with E-state index in [1.54, 1.807) is 38.2 Å². The zero-order valence-electron chi connectivity index (χ0n) is 17.0. The molecule has 1 amide bonds. The third-order valence-electron chi connectivity index (χ3n) is 4.80. The second-order valence-corrected chi connectivity index (χ2v) is 11.0. The molecule has 0 aliphatic carbocycles. The summed E-state index contributed by atoms with van der Waals surface area (Å²) in [5.41, 5.74) is 1.07. The molecule has 3 rings (SSSR count). The second kappa shape index (κ2) is 8.78. The molecule has 11 heteroatoms. The quantitative estimate of drug-likeness (QED) is 0.634. The molecule has 0 unspecified atom stereocenters. The van der Waals surface area contributed by atoms with E-state index in [9.17, 15) is 21.6 Å². The van der Waals surface area contributed by atoms with Crippen LogP contribution < -0.4 is 10.0 Å². The highest BCUT2D eigenvalue weighted by Crippen LogP contribution is 2.23. The molecule has 30 heavy (non-hydrogen) atoms. The maximum Gasteiger partial charge on any atom is 0.272 e. The Morgan fingerprint density at radius 2 is 1.63 bits per heavy atom. The summed E-state index contributed by atoms with van der Waals surface area (Å²) in [4.78, 5) is 12.7. The van der Waals surface area contributed by atoms with Crippen LogP contribution in [0.1, 0.15) is 36.7 Å². The van der Waals surface area contributed by atoms with E-state index < -0.39 is 26.0 Å². The zero-order chi connectivity index (χ0) is 21.9. The molecule has 1 saturated heterocycles. The molecule has 2 aromatic rings. The van der Waals surface area contributed by atoms with Crippen molar-refractivity contribution in [1.82, 2.24) is 8.87 Å². The highest BCUT2D eigenvalue weighted by molar-refractivity contribution is 7.92. The molecular weight excluding hydrogens is 428 g/mol. The van der Waals surface area contributed by atoms with Gasteiger partial charge >= 0.3 is 0 Å². The van der Waals surface area contributed by atoms with Gasteiger partial charge in [-0.15, -0.1) is 0 Å². The maximum absolute atomic E-state index is 12.7. The number of amides is 1. The lowest BCUT2D eigenvalue weighted by molar-refractivity contribution is 0.101. The van der Waals surface area contributed by atoms with Crippen molar-refractivity contribution in [2.75, 3.05) is 28.9 Å². The highest BCUT2D eigenvalue weighted by Gasteiger charge is 2.29. The van der Waals surface area contributed by atoms with E-state index in [2.05, 4.69) is 10.0 Å². The minimum absolute atomic E-state index is 0.0294. The van der Waals surface area contributed by atoms with Crippen molar-refractivity contribution >= 4 is 37.3 Å². The molecule has 1 fully saturated rings. The van der Waals surface area contributed by atoms with E-state index in [0.29, 0.717) is 30.9 Å². The molecule has 1 aliphatic rings. The van der Waals surface area contributed by atoms with E-state index >= 15 is 0 Å². The number of nitrogens with zero attached hydrogens (tertiary/aromatic N) is 2. The molecule has 0 spiro atoms. The van der Waals surface area contributed by atoms with Gasteiger partial charge in [0.05, 0.1) is 5.75 Å². The minimum Gasteiger partial charge on any atom is -0.345 e. The van der Waals surface area contributed by atoms with Crippen LogP contribution in [0.15, 0.2) is 41.4 Å². The van der Waals surface area contributed by atoms with Crippen LogP contribution in [0.25, 0.3) is 0 Å². The van der Waals surface area contributed by atoms with Crippen molar-refractivity contribution in [1.29, 1.82) is 0 Å². The molecule has 2 N–H and O–H groups in total. The van der Waals surface area contributed by atoms with Crippen molar-refractivity contribution in [3.63, 3.8) is 0 Å². The Bertz CT molecular complexity index is 1120. The number of hydrogen-bond acceptors (Lipinski definition) is 5. The highest BCUT2D eigenvalue weighted by atomic mass is 32.2. The van der Waals surface area contributed by atoms with E-state index in [1.165, 1.54) is 21.1 Å². The molecule has 0 radical (unpaired) electrons. The van der Waals surface area contributed by atoms with Gasteiger partial charge in [-0.2, -0.15) is 4.31 Å². The fraction of sp³-hybridized carbons (Fsp3) is 0.421. The van der Waals surface area contributed by atoms with Crippen LogP contribution in [0.4, 0.5) is 11.4 Å². The van der Waals surface area contributed by atoms with Gasteiger partial charge in [0.15, 0.2) is 0 Å². The van der Waals surface area contributed by atoms with Gasteiger partial charge in [0.1, 0.15) is 10.6 Å². The lowest BCUT2D eigenvalue weighted by Crippen LogP contribution is -2.27. The van der Waals surface area contributed by atoms with E-state index in [-0.39, 0.29) is 16.3 Å². The summed E-state index contributed by atoms with van der Waals surface area (Å²) < 4.78 is 54.4. The van der Waals surface area contributed by atoms with Gasteiger partial charge in [0, 0.05) is 37.7 Å². The minimum atomic E-state index is -3.61. The largest absolute Gasteiger partial charge is 0.345 e. The standard InChI is InChI=1S/C19H26N4O5S2/c1-3-12-29(25,26)21-16-8-6-15(7-9-16)20-19(24)18-13-17(14-22(18)2)30(27,28)23-10-4-5-11-23/h6-9,13-14,21H,3-5,10-12H2,1-2H3,(H,20,24). The van der Waals surface area contributed by atoms with Crippen LogP contribution in [0, 0.1) is 0 Å². The summed E-state index contributed by atoms with van der Waals surface area (Å²) in [6.45, 7) is 2.77. The molecule has 1 aliphatic heterocycles. The van der Waals surface area contributed by atoms with E-state index in [4.69, 9.17) is 0 Å². The van der Waals surface area contributed by atoms with Crippen LogP contribution >= 0.6 is 0 Å². The first-order valence-electron chi connectivity index (χ1n) is 9.71. The predicted molar refractivity (Wildman–Crippen MR) is 116 cm³/mol. The molecule has 2 heterocycles. The molecule has 0 bridgehead atoms. The Hall–Kier alpha value is -2.37. The molecule has 9 nitrogen and oxygen atoms in total. The monoisotopic (exact) mass is 454 g/mol. The smallest absolute Gasteiger partial charge is 0.272 e. The van der Waals surface area contributed by atoms with Gasteiger partial charge in [-0.1, -0.05) is 6.92 Å². The van der Waals surface area contributed by atoms with Gasteiger partial charge < -0.3 is 9.88 Å². The number of hydrogen-bond donors (Lipinski definition) is 2. The fourth-order valence-corrected chi connectivity index (χ4v) is 6.02. The van der Waals surface area contributed by atoms with Crippen LogP contribution in [0.2, 0.25) is 0 Å². The summed E-state index contributed by atoms with van der Waals surface area (Å²) in [5, 5.41) is 2.70. The first kappa shape index (κ1) is 22.3. The normalized spacial score (nSPS) is 15.3. The topological polar surface area (TPSA) is 118 Å². The number of nitrogens with one attached hydrogen (secondary N) is 2. The van der Waals surface area contributed by atoms with Crippen LogP contribution in [0.3, 0.4) is 0 Å². The summed E-state index contributed by atoms with van der Waals surface area (Å²) >= 11 is 0. The maximum atomic E-state index is 12.7. The van der Waals surface area contributed by atoms with Gasteiger partial charge in [-0.25, -0.2) is 16.8 Å². The summed E-state index contributed by atoms with van der Waals surface area (Å²) in [7, 11) is -5.38. The molecular formula is C19H26N4O5S2. The number of rotatable bonds is 8. The molecule has 0 saturated carbocycles. The number of anilines is 2. The zero-order valence-corrected chi connectivity index (χ0v) is 18.6. The lowest BCUT2D eigenvalue weighted by Gasteiger charge is -2.13. The van der Waals surface area contributed by atoms with Crippen molar-refractivity contribution in [3.8, 4) is 0 Å². The van der Waals surface area contributed by atoms with Crippen LogP contribution in [0.5, 0.6) is 0 Å². The van der Waals surface area contributed by atoms with Gasteiger partial charge in [0.25, 0.3) is 5.91 Å². The molecule has 0 atom stereocenters. The van der Waals surface area contributed by atoms with Crippen LogP contribution in [-0.4, -0.2) is 50.5 Å². The van der Waals surface area contributed by atoms with Crippen molar-refractivity contribution < 1.29 is 21.6 Å². The van der Waals surface area contributed by atoms with Crippen LogP contribution in [-0.2, 0) is 27.1 Å². The van der Waals surface area contributed by atoms with Crippen molar-refractivity contribution in [2.45, 2.75) is 31.1 Å². The first-order valence-corrected chi connectivity index (χ1v) is 12.8. The molecule has 1 aromatic carbocycles. The van der Waals surface area contributed by atoms with Crippen molar-refractivity contribution in [2.24, 2.45) is 7.05 Å². The Labute approximate surface area is 177 Å². The number of sulfonamides is 2. The van der Waals surface area contributed by atoms with E-state index in [0.717, 1.165) is 12.8 Å². The molecule has 164 valence electrons. The number of carbonyl (C=O) groups excluding carboxylic acids is 1. The van der Waals surface area contributed by atoms with Gasteiger partial charge in [0.2, 0.25) is 20.0 Å². The average molecular weight is 455 g/mol. The number of carbonyl (C=O) groups is 1. The third kappa shape index (κ3) is 5.02. The fourth-order valence-electron chi connectivity index (χ4n) is 3.29. The second-order valence-electron chi connectivity index (χ2n) is 7.24. The Morgan fingerprint density at radius 1 is 1.03 bits per heavy atom. The Kier molecular flexibility index (Phi) is 6.53. The molecule has 1 aromatic heterocycles. The van der Waals surface area contributed by atoms with Gasteiger partial charge in [-0.3, -0.25) is 9.52 Å². The first-order chi connectivity index (χ1) is 14.1. The van der Waals surface area contributed by atoms with Gasteiger partial charge in [-0.05, 0) is 49.6 Å². The van der Waals surface area contributed by atoms with E-state index in [1.807, 2.05) is 0 Å². The lowest BCUT2D eigenvalue weighted by atomic mass is 10.3. The predicted octanol–water partition coefficient (Wildman–Crippen LogP) is 2.21. The summed E-state index contributed by atoms with van der Waals surface area (Å²) in [6.07, 6.45) is 3.62. The SMILES string of the molecule is CCCS(=O)(=O)Nc1ccc(NC(=O)c2cc(S(=O)(=O)N3CCCC3)cn2C)cc1. The Morgan fingerprint density at radius 3 is 2.23 bits per heavy atom. The summed E-state index contributed by atoms with van der Waals surface area (Å²) in [6, 6.07) is 7.63. The summed E-state index contributed by atoms with van der Waals surface area (Å²) in [5.74, 6) is -0.429. The number of benzene rings is 1. The third-order valence-corrected chi connectivity index (χ3v) is 8.16. The Balaban J connectivity index is 1.71. The van der Waals surface area contributed by atoms with Crippen molar-refractivity contribution in [3.05, 3.63) is 42.2 Å². The number of aromatic nitrogens is 1. The number of aryl methyl sites for hydroxylation is 1.